The topological polar surface area (TPSA) is 72.2 Å². The zero-order valence-electron chi connectivity index (χ0n) is 10.7. The lowest BCUT2D eigenvalue weighted by Gasteiger charge is -2.29. The Morgan fingerprint density at radius 2 is 2.11 bits per heavy atom. The van der Waals surface area contributed by atoms with E-state index in [-0.39, 0.29) is 10.9 Å². The van der Waals surface area contributed by atoms with Crippen molar-refractivity contribution >= 4 is 23.2 Å². The zero-order chi connectivity index (χ0) is 14.8. The van der Waals surface area contributed by atoms with Gasteiger partial charge in [-0.15, -0.1) is 11.6 Å². The average Bonchev–Trinajstić information content (AvgIpc) is 2.27. The number of amides is 1. The first-order chi connectivity index (χ1) is 8.65. The van der Waals surface area contributed by atoms with E-state index in [9.17, 15) is 19.3 Å². The fourth-order valence-electron chi connectivity index (χ4n) is 1.26. The second-order valence-corrected chi connectivity index (χ2v) is 5.37. The third kappa shape index (κ3) is 3.64. The van der Waals surface area contributed by atoms with E-state index in [4.69, 9.17) is 11.6 Å². The molecular weight excluding hydrogens is 275 g/mol. The number of hydrogen-bond donors (Lipinski definition) is 1. The molecule has 0 saturated carbocycles. The molecule has 0 bridgehead atoms. The number of nitro groups is 1. The van der Waals surface area contributed by atoms with Gasteiger partial charge in [0.2, 0.25) is 0 Å². The van der Waals surface area contributed by atoms with Crippen molar-refractivity contribution in [2.45, 2.75) is 31.7 Å². The first kappa shape index (κ1) is 15.4. The van der Waals surface area contributed by atoms with E-state index < -0.39 is 27.9 Å². The highest BCUT2D eigenvalue weighted by molar-refractivity contribution is 6.21. The lowest BCUT2D eigenvalue weighted by molar-refractivity contribution is -0.385. The maximum atomic E-state index is 13.6. The van der Waals surface area contributed by atoms with E-state index in [2.05, 4.69) is 5.32 Å². The third-order valence-corrected chi connectivity index (χ3v) is 3.38. The zero-order valence-corrected chi connectivity index (χ0v) is 11.5. The monoisotopic (exact) mass is 288 g/mol. The normalized spacial score (nSPS) is 12.9. The minimum Gasteiger partial charge on any atom is -0.346 e. The van der Waals surface area contributed by atoms with E-state index >= 15 is 0 Å². The fraction of sp³-hybridized carbons (Fsp3) is 0.417. The smallest absolute Gasteiger partial charge is 0.272 e. The molecule has 0 aliphatic rings. The van der Waals surface area contributed by atoms with Crippen LogP contribution in [-0.4, -0.2) is 21.7 Å². The van der Waals surface area contributed by atoms with E-state index in [0.29, 0.717) is 6.07 Å². The van der Waals surface area contributed by atoms with Crippen LogP contribution in [0.2, 0.25) is 0 Å². The molecule has 0 saturated heterocycles. The molecule has 1 unspecified atom stereocenters. The Morgan fingerprint density at radius 3 is 2.53 bits per heavy atom. The molecule has 1 amide bonds. The molecule has 1 N–H and O–H groups in total. The number of nitrogens with zero attached hydrogens (tertiary/aromatic N) is 1. The SMILES string of the molecule is CC(Cl)C(C)(C)NC(=O)c1ccc([N+](=O)[O-])cc1F. The molecule has 0 aliphatic carbocycles. The van der Waals surface area contributed by atoms with Crippen LogP contribution in [-0.2, 0) is 0 Å². The van der Waals surface area contributed by atoms with Crippen molar-refractivity contribution in [2.75, 3.05) is 0 Å². The Labute approximate surface area is 114 Å². The molecule has 19 heavy (non-hydrogen) atoms. The number of carbonyl (C=O) groups excluding carboxylic acids is 1. The van der Waals surface area contributed by atoms with Crippen LogP contribution in [0, 0.1) is 15.9 Å². The fourth-order valence-corrected chi connectivity index (χ4v) is 1.32. The molecule has 0 radical (unpaired) electrons. The third-order valence-electron chi connectivity index (χ3n) is 2.84. The molecule has 5 nitrogen and oxygen atoms in total. The van der Waals surface area contributed by atoms with Crippen molar-refractivity contribution in [1.29, 1.82) is 0 Å². The van der Waals surface area contributed by atoms with Gasteiger partial charge in [0.1, 0.15) is 5.82 Å². The van der Waals surface area contributed by atoms with Gasteiger partial charge < -0.3 is 5.32 Å². The highest BCUT2D eigenvalue weighted by Gasteiger charge is 2.28. The Kier molecular flexibility index (Phi) is 4.47. The number of halogens is 2. The molecule has 0 aliphatic heterocycles. The average molecular weight is 289 g/mol. The van der Waals surface area contributed by atoms with Crippen LogP contribution in [0.4, 0.5) is 10.1 Å². The van der Waals surface area contributed by atoms with Crippen LogP contribution in [0.5, 0.6) is 0 Å². The van der Waals surface area contributed by atoms with Crippen LogP contribution < -0.4 is 5.32 Å². The molecule has 1 aromatic rings. The van der Waals surface area contributed by atoms with Gasteiger partial charge >= 0.3 is 0 Å². The van der Waals surface area contributed by atoms with Gasteiger partial charge in [-0.2, -0.15) is 0 Å². The highest BCUT2D eigenvalue weighted by atomic mass is 35.5. The predicted molar refractivity (Wildman–Crippen MR) is 69.9 cm³/mol. The van der Waals surface area contributed by atoms with E-state index in [0.717, 1.165) is 12.1 Å². The van der Waals surface area contributed by atoms with Gasteiger partial charge in [0.15, 0.2) is 0 Å². The molecule has 1 aromatic carbocycles. The van der Waals surface area contributed by atoms with Crippen LogP contribution in [0.25, 0.3) is 0 Å². The quantitative estimate of drug-likeness (QED) is 0.526. The van der Waals surface area contributed by atoms with Gasteiger partial charge in [-0.3, -0.25) is 14.9 Å². The summed E-state index contributed by atoms with van der Waals surface area (Å²) < 4.78 is 13.6. The van der Waals surface area contributed by atoms with Crippen LogP contribution in [0.1, 0.15) is 31.1 Å². The highest BCUT2D eigenvalue weighted by Crippen LogP contribution is 2.19. The number of rotatable bonds is 4. The molecule has 1 atom stereocenters. The largest absolute Gasteiger partial charge is 0.346 e. The summed E-state index contributed by atoms with van der Waals surface area (Å²) in [7, 11) is 0. The Hall–Kier alpha value is -1.69. The van der Waals surface area contributed by atoms with Crippen LogP contribution >= 0.6 is 11.6 Å². The molecule has 7 heteroatoms. The first-order valence-electron chi connectivity index (χ1n) is 5.55. The molecule has 0 spiro atoms. The summed E-state index contributed by atoms with van der Waals surface area (Å²) in [6, 6.07) is 2.87. The van der Waals surface area contributed by atoms with Crippen molar-refractivity contribution in [3.05, 3.63) is 39.7 Å². The minimum atomic E-state index is -0.940. The summed E-state index contributed by atoms with van der Waals surface area (Å²) in [5.74, 6) is -1.60. The standard InChI is InChI=1S/C12H14ClFN2O3/c1-7(13)12(2,3)15-11(17)9-5-4-8(16(18)19)6-10(9)14/h4-7H,1-3H3,(H,15,17). The lowest BCUT2D eigenvalue weighted by atomic mass is 10.0. The van der Waals surface area contributed by atoms with Gasteiger partial charge in [0.05, 0.1) is 27.5 Å². The summed E-state index contributed by atoms with van der Waals surface area (Å²) in [6.45, 7) is 5.10. The molecule has 0 heterocycles. The van der Waals surface area contributed by atoms with Crippen molar-refractivity contribution in [3.8, 4) is 0 Å². The molecule has 1 rings (SSSR count). The van der Waals surface area contributed by atoms with E-state index in [1.54, 1.807) is 20.8 Å². The van der Waals surface area contributed by atoms with Crippen LogP contribution in [0.15, 0.2) is 18.2 Å². The second-order valence-electron chi connectivity index (χ2n) is 4.71. The molecule has 0 fully saturated rings. The number of hydrogen-bond acceptors (Lipinski definition) is 3. The van der Waals surface area contributed by atoms with Gasteiger partial charge in [0, 0.05) is 6.07 Å². The lowest BCUT2D eigenvalue weighted by Crippen LogP contribution is -2.49. The number of non-ortho nitro benzene ring substituents is 1. The van der Waals surface area contributed by atoms with E-state index in [1.807, 2.05) is 0 Å². The second kappa shape index (κ2) is 5.52. The van der Waals surface area contributed by atoms with E-state index in [1.165, 1.54) is 0 Å². The maximum absolute atomic E-state index is 13.6. The Balaban J connectivity index is 2.99. The van der Waals surface area contributed by atoms with Gasteiger partial charge in [-0.25, -0.2) is 4.39 Å². The molecule has 104 valence electrons. The molecule has 0 aromatic heterocycles. The molecular formula is C12H14ClFN2O3. The number of nitro benzene ring substituents is 1. The van der Waals surface area contributed by atoms with Crippen molar-refractivity contribution in [2.24, 2.45) is 0 Å². The summed E-state index contributed by atoms with van der Waals surface area (Å²) >= 11 is 5.91. The number of nitrogens with one attached hydrogen (secondary N) is 1. The number of alkyl halides is 1. The summed E-state index contributed by atoms with van der Waals surface area (Å²) in [5.41, 5.74) is -1.39. The predicted octanol–water partition coefficient (Wildman–Crippen LogP) is 2.87. The summed E-state index contributed by atoms with van der Waals surface area (Å²) in [4.78, 5) is 21.6. The van der Waals surface area contributed by atoms with Crippen LogP contribution in [0.3, 0.4) is 0 Å². The number of benzene rings is 1. The minimum absolute atomic E-state index is 0.254. The Bertz CT molecular complexity index is 518. The maximum Gasteiger partial charge on any atom is 0.272 e. The van der Waals surface area contributed by atoms with Gasteiger partial charge in [-0.05, 0) is 26.8 Å². The van der Waals surface area contributed by atoms with Gasteiger partial charge in [-0.1, -0.05) is 0 Å². The Morgan fingerprint density at radius 1 is 1.53 bits per heavy atom. The summed E-state index contributed by atoms with van der Waals surface area (Å²) in [6.07, 6.45) is 0. The van der Waals surface area contributed by atoms with Crippen molar-refractivity contribution < 1.29 is 14.1 Å². The summed E-state index contributed by atoms with van der Waals surface area (Å²) in [5, 5.41) is 12.7. The van der Waals surface area contributed by atoms with Crippen molar-refractivity contribution in [1.82, 2.24) is 5.32 Å². The number of carbonyl (C=O) groups is 1. The van der Waals surface area contributed by atoms with Crippen molar-refractivity contribution in [3.63, 3.8) is 0 Å². The van der Waals surface area contributed by atoms with Gasteiger partial charge in [0.25, 0.3) is 11.6 Å². The first-order valence-corrected chi connectivity index (χ1v) is 5.99.